The van der Waals surface area contributed by atoms with Crippen LogP contribution >= 0.6 is 15.9 Å². The molecule has 0 N–H and O–H groups in total. The minimum absolute atomic E-state index is 0.135. The smallest absolute Gasteiger partial charge is 0.160 e. The van der Waals surface area contributed by atoms with Crippen LogP contribution in [0.15, 0.2) is 22.7 Å². The maximum atomic E-state index is 12.2. The summed E-state index contributed by atoms with van der Waals surface area (Å²) in [6, 6.07) is 5.35. The SMILES string of the molecule is COc1ccc(CC(=O)C2CCCCS2(=O)=O)cc1Br. The standard InChI is InChI=1S/C14H17BrO4S/c1-19-13-6-5-10(8-11(13)15)9-12(16)14-4-2-3-7-20(14,17)18/h5-6,8,14H,2-4,7,9H2,1H3. The Bertz CT molecular complexity index is 610. The number of ether oxygens (including phenoxy) is 1. The van der Waals surface area contributed by atoms with Gasteiger partial charge in [-0.3, -0.25) is 4.79 Å². The zero-order valence-electron chi connectivity index (χ0n) is 11.3. The largest absolute Gasteiger partial charge is 0.496 e. The van der Waals surface area contributed by atoms with Gasteiger partial charge in [0.15, 0.2) is 15.6 Å². The summed E-state index contributed by atoms with van der Waals surface area (Å²) < 4.78 is 29.7. The van der Waals surface area contributed by atoms with E-state index in [1.54, 1.807) is 25.3 Å². The fourth-order valence-corrected chi connectivity index (χ4v) is 4.94. The van der Waals surface area contributed by atoms with Gasteiger partial charge in [0.05, 0.1) is 17.3 Å². The predicted molar refractivity (Wildman–Crippen MR) is 80.8 cm³/mol. The van der Waals surface area contributed by atoms with Crippen LogP contribution in [-0.2, 0) is 21.1 Å². The lowest BCUT2D eigenvalue weighted by Gasteiger charge is -2.21. The molecule has 1 unspecified atom stereocenters. The number of Topliss-reactive ketones (excluding diaryl/α,β-unsaturated/α-hetero) is 1. The van der Waals surface area contributed by atoms with Crippen LogP contribution < -0.4 is 4.74 Å². The third-order valence-corrected chi connectivity index (χ3v) is 6.38. The van der Waals surface area contributed by atoms with Crippen LogP contribution in [0.5, 0.6) is 5.75 Å². The first kappa shape index (κ1) is 15.5. The second kappa shape index (κ2) is 6.26. The molecule has 1 saturated heterocycles. The lowest BCUT2D eigenvalue weighted by molar-refractivity contribution is -0.118. The van der Waals surface area contributed by atoms with Crippen LogP contribution in [0.25, 0.3) is 0 Å². The highest BCUT2D eigenvalue weighted by Crippen LogP contribution is 2.27. The summed E-state index contributed by atoms with van der Waals surface area (Å²) in [5.41, 5.74) is 0.795. The van der Waals surface area contributed by atoms with Gasteiger partial charge in [-0.15, -0.1) is 0 Å². The minimum atomic E-state index is -3.25. The molecule has 1 aromatic carbocycles. The van der Waals surface area contributed by atoms with Crippen molar-refractivity contribution in [2.24, 2.45) is 0 Å². The van der Waals surface area contributed by atoms with Crippen LogP contribution in [-0.4, -0.2) is 32.3 Å². The van der Waals surface area contributed by atoms with E-state index >= 15 is 0 Å². The summed E-state index contributed by atoms with van der Waals surface area (Å²) in [6.45, 7) is 0. The summed E-state index contributed by atoms with van der Waals surface area (Å²) in [4.78, 5) is 12.2. The molecule has 4 nitrogen and oxygen atoms in total. The van der Waals surface area contributed by atoms with Crippen molar-refractivity contribution in [2.45, 2.75) is 30.9 Å². The van der Waals surface area contributed by atoms with Crippen LogP contribution in [0.4, 0.5) is 0 Å². The maximum absolute atomic E-state index is 12.2. The number of carbonyl (C=O) groups excluding carboxylic acids is 1. The van der Waals surface area contributed by atoms with Crippen molar-refractivity contribution in [2.75, 3.05) is 12.9 Å². The topological polar surface area (TPSA) is 60.4 Å². The van der Waals surface area contributed by atoms with Crippen LogP contribution in [0, 0.1) is 0 Å². The van der Waals surface area contributed by atoms with Gasteiger partial charge in [0.25, 0.3) is 0 Å². The number of benzene rings is 1. The minimum Gasteiger partial charge on any atom is -0.496 e. The Morgan fingerprint density at radius 3 is 2.75 bits per heavy atom. The highest BCUT2D eigenvalue weighted by molar-refractivity contribution is 9.10. The average molecular weight is 361 g/mol. The average Bonchev–Trinajstić information content (AvgIpc) is 2.38. The second-order valence-corrected chi connectivity index (χ2v) is 8.12. The molecule has 110 valence electrons. The molecular formula is C14H17BrO4S. The van der Waals surface area contributed by atoms with Gasteiger partial charge >= 0.3 is 0 Å². The highest BCUT2D eigenvalue weighted by atomic mass is 79.9. The third kappa shape index (κ3) is 3.41. The van der Waals surface area contributed by atoms with Gasteiger partial charge < -0.3 is 4.74 Å². The van der Waals surface area contributed by atoms with E-state index in [-0.39, 0.29) is 18.0 Å². The van der Waals surface area contributed by atoms with Crippen molar-refractivity contribution in [3.05, 3.63) is 28.2 Å². The molecule has 1 aliphatic rings. The molecule has 0 radical (unpaired) electrons. The second-order valence-electron chi connectivity index (χ2n) is 4.96. The zero-order valence-corrected chi connectivity index (χ0v) is 13.7. The first-order valence-corrected chi connectivity index (χ1v) is 9.01. The number of methoxy groups -OCH3 is 1. The Hall–Kier alpha value is -0.880. The summed E-state index contributed by atoms with van der Waals surface area (Å²) in [7, 11) is -1.68. The molecule has 0 bridgehead atoms. The quantitative estimate of drug-likeness (QED) is 0.827. The molecule has 0 aromatic heterocycles. The van der Waals surface area contributed by atoms with Gasteiger partial charge in [0, 0.05) is 6.42 Å². The lowest BCUT2D eigenvalue weighted by Crippen LogP contribution is -2.36. The number of hydrogen-bond donors (Lipinski definition) is 0. The number of rotatable bonds is 4. The monoisotopic (exact) mass is 360 g/mol. The van der Waals surface area contributed by atoms with Crippen molar-refractivity contribution < 1.29 is 17.9 Å². The van der Waals surface area contributed by atoms with Crippen molar-refractivity contribution in [1.82, 2.24) is 0 Å². The van der Waals surface area contributed by atoms with Crippen molar-refractivity contribution in [3.63, 3.8) is 0 Å². The molecule has 1 aromatic rings. The van der Waals surface area contributed by atoms with Crippen molar-refractivity contribution in [1.29, 1.82) is 0 Å². The highest BCUT2D eigenvalue weighted by Gasteiger charge is 2.34. The van der Waals surface area contributed by atoms with Gasteiger partial charge in [-0.25, -0.2) is 8.42 Å². The molecule has 0 spiro atoms. The van der Waals surface area contributed by atoms with E-state index in [9.17, 15) is 13.2 Å². The van der Waals surface area contributed by atoms with Gasteiger partial charge in [0.2, 0.25) is 0 Å². The Balaban J connectivity index is 2.13. The Labute approximate surface area is 127 Å². The number of sulfone groups is 1. The third-order valence-electron chi connectivity index (χ3n) is 3.53. The van der Waals surface area contributed by atoms with Gasteiger partial charge in [0.1, 0.15) is 11.0 Å². The summed E-state index contributed by atoms with van der Waals surface area (Å²) in [5.74, 6) is 0.615. The summed E-state index contributed by atoms with van der Waals surface area (Å²) >= 11 is 3.36. The molecule has 1 aliphatic heterocycles. The molecule has 2 rings (SSSR count). The van der Waals surface area contributed by atoms with Crippen molar-refractivity contribution >= 4 is 31.6 Å². The van der Waals surface area contributed by atoms with E-state index in [1.165, 1.54) is 0 Å². The van der Waals surface area contributed by atoms with Crippen LogP contribution in [0.3, 0.4) is 0 Å². The van der Waals surface area contributed by atoms with Crippen molar-refractivity contribution in [3.8, 4) is 5.75 Å². The molecule has 1 atom stereocenters. The molecule has 20 heavy (non-hydrogen) atoms. The molecule has 0 saturated carbocycles. The molecule has 0 amide bonds. The molecule has 1 heterocycles. The molecular weight excluding hydrogens is 344 g/mol. The first-order chi connectivity index (χ1) is 9.44. The van der Waals surface area contributed by atoms with Gasteiger partial charge in [-0.05, 0) is 46.5 Å². The van der Waals surface area contributed by atoms with E-state index in [0.717, 1.165) is 16.5 Å². The maximum Gasteiger partial charge on any atom is 0.160 e. The van der Waals surface area contributed by atoms with E-state index in [4.69, 9.17) is 4.74 Å². The number of carbonyl (C=O) groups is 1. The van der Waals surface area contributed by atoms with Gasteiger partial charge in [-0.1, -0.05) is 12.5 Å². The Morgan fingerprint density at radius 2 is 2.15 bits per heavy atom. The molecule has 1 fully saturated rings. The van der Waals surface area contributed by atoms with E-state index in [2.05, 4.69) is 15.9 Å². The van der Waals surface area contributed by atoms with Crippen LogP contribution in [0.2, 0.25) is 0 Å². The van der Waals surface area contributed by atoms with Gasteiger partial charge in [-0.2, -0.15) is 0 Å². The predicted octanol–water partition coefficient (Wildman–Crippen LogP) is 2.54. The lowest BCUT2D eigenvalue weighted by atomic mass is 10.0. The fraction of sp³-hybridized carbons (Fsp3) is 0.500. The Kier molecular flexibility index (Phi) is 4.86. The number of hydrogen-bond acceptors (Lipinski definition) is 4. The Morgan fingerprint density at radius 1 is 1.40 bits per heavy atom. The number of halogens is 1. The number of ketones is 1. The molecule has 6 heteroatoms. The molecule has 0 aliphatic carbocycles. The summed E-state index contributed by atoms with van der Waals surface area (Å²) in [5, 5.41) is -0.822. The van der Waals surface area contributed by atoms with E-state index in [1.807, 2.05) is 0 Å². The van der Waals surface area contributed by atoms with E-state index in [0.29, 0.717) is 18.6 Å². The summed E-state index contributed by atoms with van der Waals surface area (Å²) in [6.07, 6.45) is 2.08. The van der Waals surface area contributed by atoms with Crippen LogP contribution in [0.1, 0.15) is 24.8 Å². The zero-order chi connectivity index (χ0) is 14.8. The fourth-order valence-electron chi connectivity index (χ4n) is 2.45. The first-order valence-electron chi connectivity index (χ1n) is 6.51. The van der Waals surface area contributed by atoms with E-state index < -0.39 is 15.1 Å². The normalized spacial score (nSPS) is 21.4.